The van der Waals surface area contributed by atoms with Crippen molar-refractivity contribution < 1.29 is 0 Å². The Hall–Kier alpha value is -0.600. The molecule has 0 bridgehead atoms. The van der Waals surface area contributed by atoms with Crippen LogP contribution in [-0.4, -0.2) is 0 Å². The standard InChI is InChI=1S/C10H11IN2/c1-7-2-3-8(11)6-9(7)10(13)4-5-12/h2-3,6,10H,4,13H2,1H3/t10-/m0/s1. The van der Waals surface area contributed by atoms with Crippen molar-refractivity contribution in [3.05, 3.63) is 32.9 Å². The van der Waals surface area contributed by atoms with Gasteiger partial charge < -0.3 is 5.73 Å². The number of hydrogen-bond acceptors (Lipinski definition) is 2. The van der Waals surface area contributed by atoms with Gasteiger partial charge in [0, 0.05) is 9.61 Å². The van der Waals surface area contributed by atoms with Crippen molar-refractivity contribution in [1.82, 2.24) is 0 Å². The summed E-state index contributed by atoms with van der Waals surface area (Å²) in [6, 6.07) is 8.05. The van der Waals surface area contributed by atoms with Crippen LogP contribution in [0.2, 0.25) is 0 Å². The van der Waals surface area contributed by atoms with Gasteiger partial charge in [-0.3, -0.25) is 0 Å². The maximum atomic E-state index is 8.53. The van der Waals surface area contributed by atoms with Crippen LogP contribution in [0.25, 0.3) is 0 Å². The molecule has 0 spiro atoms. The topological polar surface area (TPSA) is 49.8 Å². The highest BCUT2D eigenvalue weighted by Gasteiger charge is 2.08. The fourth-order valence-electron chi connectivity index (χ4n) is 1.22. The van der Waals surface area contributed by atoms with Crippen LogP contribution in [0.3, 0.4) is 0 Å². The van der Waals surface area contributed by atoms with Gasteiger partial charge in [0.15, 0.2) is 0 Å². The molecule has 3 heteroatoms. The first-order valence-electron chi connectivity index (χ1n) is 4.03. The number of nitriles is 1. The van der Waals surface area contributed by atoms with Gasteiger partial charge in [-0.15, -0.1) is 0 Å². The second-order valence-electron chi connectivity index (χ2n) is 2.97. The van der Waals surface area contributed by atoms with E-state index >= 15 is 0 Å². The summed E-state index contributed by atoms with van der Waals surface area (Å²) in [6.45, 7) is 2.02. The molecule has 0 saturated heterocycles. The van der Waals surface area contributed by atoms with E-state index in [1.165, 1.54) is 0 Å². The zero-order valence-electron chi connectivity index (χ0n) is 7.42. The van der Waals surface area contributed by atoms with Crippen molar-refractivity contribution in [2.75, 3.05) is 0 Å². The van der Waals surface area contributed by atoms with Crippen molar-refractivity contribution in [2.45, 2.75) is 19.4 Å². The van der Waals surface area contributed by atoms with Crippen LogP contribution in [0.1, 0.15) is 23.6 Å². The van der Waals surface area contributed by atoms with Gasteiger partial charge in [0.25, 0.3) is 0 Å². The predicted octanol–water partition coefficient (Wildman–Crippen LogP) is 2.51. The summed E-state index contributed by atoms with van der Waals surface area (Å²) in [4.78, 5) is 0. The third-order valence-electron chi connectivity index (χ3n) is 1.95. The molecule has 0 aliphatic heterocycles. The van der Waals surface area contributed by atoms with E-state index in [-0.39, 0.29) is 6.04 Å². The molecule has 0 amide bonds. The Balaban J connectivity index is 3.00. The minimum Gasteiger partial charge on any atom is -0.323 e. The Kier molecular flexibility index (Phi) is 3.70. The molecule has 0 heterocycles. The van der Waals surface area contributed by atoms with Crippen molar-refractivity contribution in [3.8, 4) is 6.07 Å². The first-order valence-corrected chi connectivity index (χ1v) is 5.11. The molecule has 0 aromatic heterocycles. The largest absolute Gasteiger partial charge is 0.323 e. The van der Waals surface area contributed by atoms with Crippen LogP contribution in [-0.2, 0) is 0 Å². The fourth-order valence-corrected chi connectivity index (χ4v) is 1.73. The first kappa shape index (κ1) is 10.5. The molecule has 0 unspecified atom stereocenters. The Bertz CT molecular complexity index is 341. The third-order valence-corrected chi connectivity index (χ3v) is 2.62. The number of hydrogen-bond donors (Lipinski definition) is 1. The highest BCUT2D eigenvalue weighted by atomic mass is 127. The van der Waals surface area contributed by atoms with Crippen LogP contribution in [0, 0.1) is 21.8 Å². The molecule has 1 rings (SSSR count). The Labute approximate surface area is 91.9 Å². The lowest BCUT2D eigenvalue weighted by Crippen LogP contribution is -2.10. The van der Waals surface area contributed by atoms with Crippen LogP contribution >= 0.6 is 22.6 Å². The summed E-state index contributed by atoms with van der Waals surface area (Å²) < 4.78 is 1.16. The van der Waals surface area contributed by atoms with Gasteiger partial charge in [0.05, 0.1) is 12.5 Å². The lowest BCUT2D eigenvalue weighted by atomic mass is 10.0. The number of nitrogens with two attached hydrogens (primary N) is 1. The van der Waals surface area contributed by atoms with Gasteiger partial charge in [0.1, 0.15) is 0 Å². The SMILES string of the molecule is Cc1ccc(I)cc1[C@@H](N)CC#N. The number of halogens is 1. The van der Waals surface area contributed by atoms with Crippen LogP contribution in [0.4, 0.5) is 0 Å². The zero-order valence-corrected chi connectivity index (χ0v) is 9.58. The summed E-state index contributed by atoms with van der Waals surface area (Å²) in [5, 5.41) is 8.53. The highest BCUT2D eigenvalue weighted by molar-refractivity contribution is 14.1. The fraction of sp³-hybridized carbons (Fsp3) is 0.300. The monoisotopic (exact) mass is 286 g/mol. The molecule has 0 aliphatic rings. The summed E-state index contributed by atoms with van der Waals surface area (Å²) in [7, 11) is 0. The second-order valence-corrected chi connectivity index (χ2v) is 4.22. The van der Waals surface area contributed by atoms with E-state index in [1.54, 1.807) is 0 Å². The normalized spacial score (nSPS) is 12.2. The summed E-state index contributed by atoms with van der Waals surface area (Å²) in [5.41, 5.74) is 8.08. The summed E-state index contributed by atoms with van der Waals surface area (Å²) >= 11 is 2.25. The van der Waals surface area contributed by atoms with Gasteiger partial charge in [0.2, 0.25) is 0 Å². The van der Waals surface area contributed by atoms with Crippen molar-refractivity contribution >= 4 is 22.6 Å². The maximum Gasteiger partial charge on any atom is 0.0641 e. The minimum atomic E-state index is -0.153. The van der Waals surface area contributed by atoms with Gasteiger partial charge in [-0.25, -0.2) is 0 Å². The molecule has 0 saturated carbocycles. The Morgan fingerprint density at radius 1 is 1.62 bits per heavy atom. The van der Waals surface area contributed by atoms with Crippen molar-refractivity contribution in [3.63, 3.8) is 0 Å². The first-order chi connectivity index (χ1) is 6.15. The molecule has 13 heavy (non-hydrogen) atoms. The van der Waals surface area contributed by atoms with E-state index in [9.17, 15) is 0 Å². The molecule has 1 aromatic rings. The molecule has 68 valence electrons. The van der Waals surface area contributed by atoms with Crippen LogP contribution < -0.4 is 5.73 Å². The van der Waals surface area contributed by atoms with E-state index in [2.05, 4.69) is 28.7 Å². The van der Waals surface area contributed by atoms with Gasteiger partial charge in [-0.05, 0) is 52.8 Å². The van der Waals surface area contributed by atoms with E-state index in [0.29, 0.717) is 6.42 Å². The quantitative estimate of drug-likeness (QED) is 0.849. The van der Waals surface area contributed by atoms with Crippen LogP contribution in [0.5, 0.6) is 0 Å². The van der Waals surface area contributed by atoms with E-state index in [1.807, 2.05) is 25.1 Å². The Morgan fingerprint density at radius 2 is 2.31 bits per heavy atom. The van der Waals surface area contributed by atoms with E-state index < -0.39 is 0 Å². The van der Waals surface area contributed by atoms with Crippen molar-refractivity contribution in [1.29, 1.82) is 5.26 Å². The number of rotatable bonds is 2. The van der Waals surface area contributed by atoms with Crippen molar-refractivity contribution in [2.24, 2.45) is 5.73 Å². The highest BCUT2D eigenvalue weighted by Crippen LogP contribution is 2.20. The van der Waals surface area contributed by atoms with E-state index in [4.69, 9.17) is 11.0 Å². The average molecular weight is 286 g/mol. The van der Waals surface area contributed by atoms with E-state index in [0.717, 1.165) is 14.7 Å². The molecular weight excluding hydrogens is 275 g/mol. The summed E-state index contributed by atoms with van der Waals surface area (Å²) in [6.07, 6.45) is 0.376. The van der Waals surface area contributed by atoms with Gasteiger partial charge in [-0.2, -0.15) is 5.26 Å². The molecule has 0 fully saturated rings. The third kappa shape index (κ3) is 2.68. The summed E-state index contributed by atoms with van der Waals surface area (Å²) in [5.74, 6) is 0. The molecule has 0 aliphatic carbocycles. The lowest BCUT2D eigenvalue weighted by Gasteiger charge is -2.11. The van der Waals surface area contributed by atoms with Crippen LogP contribution in [0.15, 0.2) is 18.2 Å². The average Bonchev–Trinajstić information content (AvgIpc) is 2.09. The molecule has 2 N–H and O–H groups in total. The number of nitrogens with zero attached hydrogens (tertiary/aromatic N) is 1. The zero-order chi connectivity index (χ0) is 9.84. The molecule has 1 atom stereocenters. The molecular formula is C10H11IN2. The second kappa shape index (κ2) is 4.58. The molecule has 0 radical (unpaired) electrons. The Morgan fingerprint density at radius 3 is 2.92 bits per heavy atom. The maximum absolute atomic E-state index is 8.53. The predicted molar refractivity (Wildman–Crippen MR) is 61.1 cm³/mol. The smallest absolute Gasteiger partial charge is 0.0641 e. The minimum absolute atomic E-state index is 0.153. The lowest BCUT2D eigenvalue weighted by molar-refractivity contribution is 0.742. The van der Waals surface area contributed by atoms with Gasteiger partial charge in [-0.1, -0.05) is 6.07 Å². The van der Waals surface area contributed by atoms with Gasteiger partial charge >= 0.3 is 0 Å². The number of benzene rings is 1. The molecule has 1 aromatic carbocycles. The molecule has 2 nitrogen and oxygen atoms in total. The number of aryl methyl sites for hydroxylation is 1.